The second kappa shape index (κ2) is 3.62. The van der Waals surface area contributed by atoms with Crippen molar-refractivity contribution in [1.29, 1.82) is 0 Å². The number of nitrogens with one attached hydrogen (secondary N) is 2. The number of benzene rings is 1. The fourth-order valence-corrected chi connectivity index (χ4v) is 1.95. The minimum Gasteiger partial charge on any atom is -0.462 e. The molecule has 2 aliphatic rings. The van der Waals surface area contributed by atoms with Gasteiger partial charge in [-0.25, -0.2) is 4.79 Å². The average molecular weight is 230 g/mol. The van der Waals surface area contributed by atoms with Crippen LogP contribution in [-0.4, -0.2) is 18.5 Å². The van der Waals surface area contributed by atoms with Gasteiger partial charge in [0, 0.05) is 6.42 Å². The number of para-hydroxylation sites is 2. The van der Waals surface area contributed by atoms with E-state index in [9.17, 15) is 9.59 Å². The summed E-state index contributed by atoms with van der Waals surface area (Å²) in [6.07, 6.45) is 0.469. The molecule has 2 heterocycles. The molecule has 1 aromatic carbocycles. The number of ether oxygens (including phenoxy) is 1. The molecule has 86 valence electrons. The maximum atomic E-state index is 11.9. The molecule has 3 rings (SSSR count). The number of esters is 1. The maximum Gasteiger partial charge on any atom is 0.336 e. The lowest BCUT2D eigenvalue weighted by Crippen LogP contribution is -2.27. The van der Waals surface area contributed by atoms with E-state index in [0.29, 0.717) is 30.0 Å². The van der Waals surface area contributed by atoms with E-state index in [-0.39, 0.29) is 5.91 Å². The van der Waals surface area contributed by atoms with E-state index < -0.39 is 5.97 Å². The lowest BCUT2D eigenvalue weighted by molar-refractivity contribution is -0.135. The van der Waals surface area contributed by atoms with Gasteiger partial charge in [0.1, 0.15) is 5.70 Å². The zero-order valence-electron chi connectivity index (χ0n) is 8.95. The van der Waals surface area contributed by atoms with Gasteiger partial charge in [-0.2, -0.15) is 0 Å². The van der Waals surface area contributed by atoms with Crippen LogP contribution >= 0.6 is 0 Å². The molecule has 0 aliphatic carbocycles. The second-order valence-electron chi connectivity index (χ2n) is 3.86. The predicted molar refractivity (Wildman–Crippen MR) is 61.3 cm³/mol. The van der Waals surface area contributed by atoms with Crippen LogP contribution in [0, 0.1) is 0 Å². The van der Waals surface area contributed by atoms with Gasteiger partial charge in [0.25, 0.3) is 5.91 Å². The van der Waals surface area contributed by atoms with Gasteiger partial charge in [-0.3, -0.25) is 4.79 Å². The molecule has 2 N–H and O–H groups in total. The SMILES string of the molecule is O=C1OCC/C1=C1/Nc2ccccc2NC1=O. The molecule has 1 aromatic rings. The Balaban J connectivity index is 2.05. The van der Waals surface area contributed by atoms with E-state index in [1.165, 1.54) is 0 Å². The number of hydrogen-bond acceptors (Lipinski definition) is 4. The minimum absolute atomic E-state index is 0.294. The van der Waals surface area contributed by atoms with Gasteiger partial charge in [-0.15, -0.1) is 0 Å². The van der Waals surface area contributed by atoms with E-state index in [1.807, 2.05) is 18.2 Å². The molecule has 0 aromatic heterocycles. The number of rotatable bonds is 0. The highest BCUT2D eigenvalue weighted by atomic mass is 16.5. The molecule has 0 bridgehead atoms. The molecule has 0 radical (unpaired) electrons. The molecule has 1 fully saturated rings. The molecular weight excluding hydrogens is 220 g/mol. The molecular formula is C12H10N2O3. The zero-order chi connectivity index (χ0) is 11.8. The highest BCUT2D eigenvalue weighted by Gasteiger charge is 2.29. The van der Waals surface area contributed by atoms with Crippen LogP contribution in [0.4, 0.5) is 11.4 Å². The number of carbonyl (C=O) groups is 2. The van der Waals surface area contributed by atoms with Crippen molar-refractivity contribution in [3.63, 3.8) is 0 Å². The first-order valence-electron chi connectivity index (χ1n) is 5.33. The Morgan fingerprint density at radius 1 is 1.06 bits per heavy atom. The van der Waals surface area contributed by atoms with E-state index >= 15 is 0 Å². The standard InChI is InChI=1S/C12H10N2O3/c15-11-10(7-5-6-17-12(7)16)13-8-3-1-2-4-9(8)14-11/h1-4,13H,5-6H2,(H,14,15)/b10-7-. The first kappa shape index (κ1) is 9.89. The topological polar surface area (TPSA) is 67.4 Å². The van der Waals surface area contributed by atoms with Crippen molar-refractivity contribution in [1.82, 2.24) is 0 Å². The van der Waals surface area contributed by atoms with Crippen molar-refractivity contribution >= 4 is 23.3 Å². The van der Waals surface area contributed by atoms with Crippen molar-refractivity contribution in [2.45, 2.75) is 6.42 Å². The summed E-state index contributed by atoms with van der Waals surface area (Å²) in [6, 6.07) is 7.34. The van der Waals surface area contributed by atoms with E-state index in [4.69, 9.17) is 4.74 Å². The quantitative estimate of drug-likeness (QED) is 0.520. The highest BCUT2D eigenvalue weighted by molar-refractivity contribution is 6.15. The molecule has 0 saturated carbocycles. The summed E-state index contributed by atoms with van der Waals surface area (Å²) in [5.74, 6) is -0.709. The molecule has 17 heavy (non-hydrogen) atoms. The third-order valence-electron chi connectivity index (χ3n) is 2.80. The number of hydrogen-bond donors (Lipinski definition) is 2. The monoisotopic (exact) mass is 230 g/mol. The van der Waals surface area contributed by atoms with Crippen molar-refractivity contribution in [2.75, 3.05) is 17.2 Å². The largest absolute Gasteiger partial charge is 0.462 e. The molecule has 0 atom stereocenters. The number of amides is 1. The van der Waals surface area contributed by atoms with Gasteiger partial charge in [0.15, 0.2) is 0 Å². The second-order valence-corrected chi connectivity index (χ2v) is 3.86. The Kier molecular flexibility index (Phi) is 2.11. The van der Waals surface area contributed by atoms with Crippen molar-refractivity contribution in [3.8, 4) is 0 Å². The lowest BCUT2D eigenvalue weighted by atomic mass is 10.1. The van der Waals surface area contributed by atoms with Gasteiger partial charge < -0.3 is 15.4 Å². The number of fused-ring (bicyclic) bond motifs is 1. The average Bonchev–Trinajstić information content (AvgIpc) is 2.74. The zero-order valence-corrected chi connectivity index (χ0v) is 8.95. The van der Waals surface area contributed by atoms with Crippen LogP contribution in [0.5, 0.6) is 0 Å². The van der Waals surface area contributed by atoms with Crippen LogP contribution in [0.3, 0.4) is 0 Å². The van der Waals surface area contributed by atoms with Crippen molar-refractivity contribution in [3.05, 3.63) is 35.5 Å². The first-order chi connectivity index (χ1) is 8.25. The Bertz CT molecular complexity index is 548. The van der Waals surface area contributed by atoms with Gasteiger partial charge >= 0.3 is 5.97 Å². The lowest BCUT2D eigenvalue weighted by Gasteiger charge is -2.21. The third-order valence-corrected chi connectivity index (χ3v) is 2.80. The van der Waals surface area contributed by atoms with Crippen LogP contribution < -0.4 is 10.6 Å². The molecule has 0 unspecified atom stereocenters. The van der Waals surface area contributed by atoms with Crippen molar-refractivity contribution in [2.24, 2.45) is 0 Å². The van der Waals surface area contributed by atoms with Crippen molar-refractivity contribution < 1.29 is 14.3 Å². The highest BCUT2D eigenvalue weighted by Crippen LogP contribution is 2.30. The summed E-state index contributed by atoms with van der Waals surface area (Å²) < 4.78 is 4.84. The molecule has 0 spiro atoms. The summed E-state index contributed by atoms with van der Waals surface area (Å²) in [7, 11) is 0. The fraction of sp³-hybridized carbons (Fsp3) is 0.167. The molecule has 1 saturated heterocycles. The Labute approximate surface area is 97.5 Å². The van der Waals surface area contributed by atoms with Crippen LogP contribution in [0.1, 0.15) is 6.42 Å². The van der Waals surface area contributed by atoms with E-state index in [1.54, 1.807) is 6.07 Å². The molecule has 2 aliphatic heterocycles. The predicted octanol–water partition coefficient (Wildman–Crippen LogP) is 1.25. The fourth-order valence-electron chi connectivity index (χ4n) is 1.95. The number of carbonyl (C=O) groups excluding carboxylic acids is 2. The van der Waals surface area contributed by atoms with Crippen LogP contribution in [0.15, 0.2) is 35.5 Å². The number of anilines is 2. The first-order valence-corrected chi connectivity index (χ1v) is 5.33. The summed E-state index contributed by atoms with van der Waals surface area (Å²) in [4.78, 5) is 23.3. The van der Waals surface area contributed by atoms with Gasteiger partial charge in [0.05, 0.1) is 23.6 Å². The summed E-state index contributed by atoms with van der Waals surface area (Å²) in [5, 5.41) is 5.73. The normalized spacial score (nSPS) is 22.6. The number of cyclic esters (lactones) is 1. The van der Waals surface area contributed by atoms with Crippen LogP contribution in [0.2, 0.25) is 0 Å². The summed E-state index contributed by atoms with van der Waals surface area (Å²) in [6.45, 7) is 0.342. The van der Waals surface area contributed by atoms with E-state index in [2.05, 4.69) is 10.6 Å². The third kappa shape index (κ3) is 1.56. The molecule has 5 nitrogen and oxygen atoms in total. The minimum atomic E-state index is -0.415. The summed E-state index contributed by atoms with van der Waals surface area (Å²) >= 11 is 0. The Hall–Kier alpha value is -2.30. The maximum absolute atomic E-state index is 11.9. The van der Waals surface area contributed by atoms with Crippen LogP contribution in [-0.2, 0) is 14.3 Å². The van der Waals surface area contributed by atoms with Gasteiger partial charge in [-0.05, 0) is 12.1 Å². The van der Waals surface area contributed by atoms with Gasteiger partial charge in [-0.1, -0.05) is 12.1 Å². The molecule has 1 amide bonds. The van der Waals surface area contributed by atoms with Gasteiger partial charge in [0.2, 0.25) is 0 Å². The Morgan fingerprint density at radius 2 is 1.76 bits per heavy atom. The van der Waals surface area contributed by atoms with Crippen LogP contribution in [0.25, 0.3) is 0 Å². The molecule has 5 heteroatoms. The smallest absolute Gasteiger partial charge is 0.336 e. The van der Waals surface area contributed by atoms with E-state index in [0.717, 1.165) is 5.69 Å². The Morgan fingerprint density at radius 3 is 2.41 bits per heavy atom. The summed E-state index contributed by atoms with van der Waals surface area (Å²) in [5.41, 5.74) is 2.21.